The van der Waals surface area contributed by atoms with Crippen molar-refractivity contribution in [3.63, 3.8) is 0 Å². The maximum Gasteiger partial charge on any atom is 0.276 e. The van der Waals surface area contributed by atoms with Crippen molar-refractivity contribution < 1.29 is 9.32 Å². The second kappa shape index (κ2) is 7.42. The van der Waals surface area contributed by atoms with Crippen molar-refractivity contribution >= 4 is 5.91 Å². The molecular weight excluding hydrogens is 344 g/mol. The van der Waals surface area contributed by atoms with E-state index in [2.05, 4.69) is 29.3 Å². The minimum atomic E-state index is -0.0784. The molecule has 2 N–H and O–H groups in total. The van der Waals surface area contributed by atoms with E-state index in [1.54, 1.807) is 6.20 Å². The summed E-state index contributed by atoms with van der Waals surface area (Å²) in [4.78, 5) is 14.9. The molecule has 3 heterocycles. The molecule has 0 radical (unpaired) electrons. The van der Waals surface area contributed by atoms with Gasteiger partial charge >= 0.3 is 0 Å². The highest BCUT2D eigenvalue weighted by molar-refractivity contribution is 5.92. The number of carbonyl (C=O) groups is 1. The molecule has 1 atom stereocenters. The van der Waals surface area contributed by atoms with Crippen LogP contribution in [0.4, 0.5) is 0 Å². The summed E-state index contributed by atoms with van der Waals surface area (Å²) in [5.41, 5.74) is 7.22. The van der Waals surface area contributed by atoms with E-state index < -0.39 is 0 Å². The van der Waals surface area contributed by atoms with E-state index >= 15 is 0 Å². The van der Waals surface area contributed by atoms with E-state index in [0.29, 0.717) is 12.2 Å². The molecule has 27 heavy (non-hydrogen) atoms. The van der Waals surface area contributed by atoms with E-state index in [9.17, 15) is 4.79 Å². The molecule has 2 aromatic rings. The topological polar surface area (TPSA) is 103 Å². The van der Waals surface area contributed by atoms with Crippen LogP contribution in [0, 0.1) is 0 Å². The molecule has 1 aliphatic heterocycles. The Labute approximate surface area is 159 Å². The second-order valence-electron chi connectivity index (χ2n) is 8.12. The standard InChI is InChI=1S/C19H28N6O2/c1-12(2)18-10-15(22-27-18)17-4-3-9-24(17)19(26)16-11-25(23-21-16)14-7-5-13(20)6-8-14/h10-14,17H,3-9,20H2,1-2H3/t13?,14?,17-/m0/s1. The number of rotatable bonds is 4. The van der Waals surface area contributed by atoms with Gasteiger partial charge in [0.25, 0.3) is 5.91 Å². The molecule has 1 saturated carbocycles. The third-order valence-electron chi connectivity index (χ3n) is 5.82. The molecular formula is C19H28N6O2. The molecule has 1 saturated heterocycles. The van der Waals surface area contributed by atoms with Gasteiger partial charge in [-0.15, -0.1) is 5.10 Å². The maximum atomic E-state index is 13.1. The number of aromatic nitrogens is 4. The monoisotopic (exact) mass is 372 g/mol. The van der Waals surface area contributed by atoms with E-state index in [0.717, 1.165) is 50.0 Å². The van der Waals surface area contributed by atoms with E-state index in [4.69, 9.17) is 10.3 Å². The van der Waals surface area contributed by atoms with E-state index in [-0.39, 0.29) is 30.0 Å². The Morgan fingerprint density at radius 2 is 2.04 bits per heavy atom. The average molecular weight is 372 g/mol. The highest BCUT2D eigenvalue weighted by atomic mass is 16.5. The number of nitrogens with zero attached hydrogens (tertiary/aromatic N) is 5. The van der Waals surface area contributed by atoms with Crippen molar-refractivity contribution in [2.45, 2.75) is 76.4 Å². The third kappa shape index (κ3) is 3.63. The number of likely N-dealkylation sites (tertiary alicyclic amines) is 1. The largest absolute Gasteiger partial charge is 0.361 e. The molecule has 0 unspecified atom stereocenters. The molecule has 1 amide bonds. The van der Waals surface area contributed by atoms with Gasteiger partial charge in [-0.1, -0.05) is 24.2 Å². The van der Waals surface area contributed by atoms with E-state index in [1.807, 2.05) is 15.6 Å². The van der Waals surface area contributed by atoms with Gasteiger partial charge in [-0.2, -0.15) is 0 Å². The van der Waals surface area contributed by atoms with Crippen molar-refractivity contribution in [3.05, 3.63) is 29.4 Å². The maximum absolute atomic E-state index is 13.1. The summed E-state index contributed by atoms with van der Waals surface area (Å²) in [6, 6.07) is 2.50. The molecule has 8 nitrogen and oxygen atoms in total. The zero-order valence-electron chi connectivity index (χ0n) is 16.0. The minimum absolute atomic E-state index is 0.0495. The van der Waals surface area contributed by atoms with Crippen LogP contribution in [0.1, 0.15) is 92.3 Å². The molecule has 8 heteroatoms. The van der Waals surface area contributed by atoms with Gasteiger partial charge in [0, 0.05) is 24.6 Å². The normalized spacial score (nSPS) is 26.1. The van der Waals surface area contributed by atoms with Crippen LogP contribution >= 0.6 is 0 Å². The second-order valence-corrected chi connectivity index (χ2v) is 8.12. The highest BCUT2D eigenvalue weighted by Gasteiger charge is 2.34. The fraction of sp³-hybridized carbons (Fsp3) is 0.684. The van der Waals surface area contributed by atoms with Gasteiger partial charge in [-0.25, -0.2) is 4.68 Å². The Morgan fingerprint density at radius 3 is 2.74 bits per heavy atom. The quantitative estimate of drug-likeness (QED) is 0.885. The molecule has 2 aromatic heterocycles. The van der Waals surface area contributed by atoms with E-state index in [1.165, 1.54) is 0 Å². The first-order valence-corrected chi connectivity index (χ1v) is 9.98. The summed E-state index contributed by atoms with van der Waals surface area (Å²) in [5.74, 6) is 1.05. The lowest BCUT2D eigenvalue weighted by Gasteiger charge is -2.25. The van der Waals surface area contributed by atoms with Gasteiger partial charge in [-0.05, 0) is 38.5 Å². The summed E-state index contributed by atoms with van der Waals surface area (Å²) in [6.07, 6.45) is 7.60. The molecule has 0 bridgehead atoms. The van der Waals surface area contributed by atoms with Crippen LogP contribution in [0.5, 0.6) is 0 Å². The Hall–Kier alpha value is -2.22. The van der Waals surface area contributed by atoms with Crippen LogP contribution in [0.2, 0.25) is 0 Å². The summed E-state index contributed by atoms with van der Waals surface area (Å²) in [6.45, 7) is 4.84. The number of carbonyl (C=O) groups excluding carboxylic acids is 1. The predicted octanol–water partition coefficient (Wildman–Crippen LogP) is 2.81. The van der Waals surface area contributed by atoms with Crippen LogP contribution in [-0.4, -0.2) is 43.5 Å². The van der Waals surface area contributed by atoms with Gasteiger partial charge in [0.15, 0.2) is 5.69 Å². The SMILES string of the molecule is CC(C)c1cc([C@@H]2CCCN2C(=O)c2cn(C3CCC(N)CC3)nn2)no1. The average Bonchev–Trinajstić information content (AvgIpc) is 3.40. The van der Waals surface area contributed by atoms with Crippen LogP contribution < -0.4 is 5.73 Å². The summed E-state index contributed by atoms with van der Waals surface area (Å²) in [5, 5.41) is 12.6. The molecule has 4 rings (SSSR count). The molecule has 2 fully saturated rings. The fourth-order valence-electron chi connectivity index (χ4n) is 4.12. The Kier molecular flexibility index (Phi) is 4.99. The van der Waals surface area contributed by atoms with Gasteiger partial charge < -0.3 is 15.2 Å². The van der Waals surface area contributed by atoms with Crippen molar-refractivity contribution in [2.75, 3.05) is 6.54 Å². The summed E-state index contributed by atoms with van der Waals surface area (Å²) in [7, 11) is 0. The smallest absolute Gasteiger partial charge is 0.276 e. The molecule has 0 aromatic carbocycles. The molecule has 1 aliphatic carbocycles. The van der Waals surface area contributed by atoms with Crippen molar-refractivity contribution in [3.8, 4) is 0 Å². The number of amides is 1. The van der Waals surface area contributed by atoms with Crippen molar-refractivity contribution in [1.29, 1.82) is 0 Å². The van der Waals surface area contributed by atoms with Crippen LogP contribution in [0.25, 0.3) is 0 Å². The van der Waals surface area contributed by atoms with Gasteiger partial charge in [-0.3, -0.25) is 4.79 Å². The Morgan fingerprint density at radius 1 is 1.26 bits per heavy atom. The zero-order valence-corrected chi connectivity index (χ0v) is 16.0. The first-order valence-electron chi connectivity index (χ1n) is 9.98. The minimum Gasteiger partial charge on any atom is -0.361 e. The first kappa shape index (κ1) is 18.2. The Balaban J connectivity index is 1.48. The molecule has 0 spiro atoms. The first-order chi connectivity index (χ1) is 13.0. The van der Waals surface area contributed by atoms with Crippen molar-refractivity contribution in [2.24, 2.45) is 5.73 Å². The lowest BCUT2D eigenvalue weighted by molar-refractivity contribution is 0.0724. The van der Waals surface area contributed by atoms with Gasteiger partial charge in [0.2, 0.25) is 0 Å². The lowest BCUT2D eigenvalue weighted by atomic mass is 9.92. The number of nitrogens with two attached hydrogens (primary N) is 1. The zero-order chi connectivity index (χ0) is 19.0. The van der Waals surface area contributed by atoms with Crippen LogP contribution in [-0.2, 0) is 0 Å². The van der Waals surface area contributed by atoms with Gasteiger partial charge in [0.05, 0.1) is 18.3 Å². The fourth-order valence-corrected chi connectivity index (χ4v) is 4.12. The Bertz CT molecular complexity index is 790. The van der Waals surface area contributed by atoms with Gasteiger partial charge in [0.1, 0.15) is 11.5 Å². The van der Waals surface area contributed by atoms with Crippen molar-refractivity contribution in [1.82, 2.24) is 25.1 Å². The third-order valence-corrected chi connectivity index (χ3v) is 5.82. The molecule has 146 valence electrons. The summed E-state index contributed by atoms with van der Waals surface area (Å²) < 4.78 is 7.28. The summed E-state index contributed by atoms with van der Waals surface area (Å²) >= 11 is 0. The van der Waals surface area contributed by atoms with Crippen LogP contribution in [0.15, 0.2) is 16.8 Å². The number of hydrogen-bond acceptors (Lipinski definition) is 6. The highest BCUT2D eigenvalue weighted by Crippen LogP contribution is 2.34. The number of hydrogen-bond donors (Lipinski definition) is 1. The molecule has 2 aliphatic rings. The van der Waals surface area contributed by atoms with Crippen LogP contribution in [0.3, 0.4) is 0 Å². The lowest BCUT2D eigenvalue weighted by Crippen LogP contribution is -2.31. The predicted molar refractivity (Wildman–Crippen MR) is 99.1 cm³/mol.